The average molecular weight is 279 g/mol. The summed E-state index contributed by atoms with van der Waals surface area (Å²) in [5.74, 6) is 0.512. The van der Waals surface area contributed by atoms with Crippen molar-refractivity contribution < 1.29 is 4.73 Å². The summed E-state index contributed by atoms with van der Waals surface area (Å²) in [7, 11) is 3.86. The summed E-state index contributed by atoms with van der Waals surface area (Å²) in [5.41, 5.74) is 2.42. The Morgan fingerprint density at radius 2 is 1.67 bits per heavy atom. The van der Waals surface area contributed by atoms with Crippen LogP contribution in [0.15, 0.2) is 54.6 Å². The lowest BCUT2D eigenvalue weighted by molar-refractivity contribution is -0.605. The van der Waals surface area contributed by atoms with Crippen LogP contribution in [0.3, 0.4) is 0 Å². The maximum absolute atomic E-state index is 12.7. The standard InChI is InChI=1S/C17H17N3O/c1-19(2)12-16-18-15-11-7-6-10-14(15)17(20(16)21)13-8-4-3-5-9-13/h3-11H,12H2,1-2H3. The molecule has 0 saturated carbocycles. The number of nitrogens with zero attached hydrogens (tertiary/aromatic N) is 3. The second kappa shape index (κ2) is 5.50. The van der Waals surface area contributed by atoms with Gasteiger partial charge in [0.05, 0.1) is 5.39 Å². The van der Waals surface area contributed by atoms with Gasteiger partial charge in [0.1, 0.15) is 12.2 Å². The quantitative estimate of drug-likeness (QED) is 0.547. The van der Waals surface area contributed by atoms with Gasteiger partial charge in [0, 0.05) is 5.56 Å². The molecule has 0 atom stereocenters. The van der Waals surface area contributed by atoms with E-state index in [1.54, 1.807) is 0 Å². The molecule has 0 aliphatic heterocycles. The lowest BCUT2D eigenvalue weighted by Crippen LogP contribution is -2.38. The molecule has 21 heavy (non-hydrogen) atoms. The molecule has 4 nitrogen and oxygen atoms in total. The summed E-state index contributed by atoms with van der Waals surface area (Å²) >= 11 is 0. The molecule has 0 N–H and O–H groups in total. The topological polar surface area (TPSA) is 43.1 Å². The van der Waals surface area contributed by atoms with E-state index < -0.39 is 0 Å². The monoisotopic (exact) mass is 279 g/mol. The van der Waals surface area contributed by atoms with Crippen molar-refractivity contribution in [2.45, 2.75) is 6.54 Å². The van der Waals surface area contributed by atoms with Crippen molar-refractivity contribution in [1.82, 2.24) is 9.88 Å². The summed E-state index contributed by atoms with van der Waals surface area (Å²) < 4.78 is 0.956. The molecule has 0 spiro atoms. The molecule has 0 unspecified atom stereocenters. The molecule has 2 aromatic carbocycles. The molecule has 0 aliphatic carbocycles. The molecule has 3 rings (SSSR count). The highest BCUT2D eigenvalue weighted by Crippen LogP contribution is 2.24. The molecular formula is C17H17N3O. The second-order valence-corrected chi connectivity index (χ2v) is 5.29. The van der Waals surface area contributed by atoms with Crippen LogP contribution in [-0.4, -0.2) is 24.0 Å². The van der Waals surface area contributed by atoms with Gasteiger partial charge in [0.25, 0.3) is 0 Å². The Labute approximate surface area is 123 Å². The van der Waals surface area contributed by atoms with Crippen LogP contribution in [0.5, 0.6) is 0 Å². The molecule has 0 radical (unpaired) electrons. The maximum Gasteiger partial charge on any atom is 0.316 e. The molecule has 4 heteroatoms. The van der Waals surface area contributed by atoms with Gasteiger partial charge < -0.3 is 5.21 Å². The van der Waals surface area contributed by atoms with E-state index in [1.165, 1.54) is 0 Å². The average Bonchev–Trinajstić information content (AvgIpc) is 2.48. The molecule has 106 valence electrons. The van der Waals surface area contributed by atoms with Gasteiger partial charge >= 0.3 is 5.82 Å². The highest BCUT2D eigenvalue weighted by Gasteiger charge is 2.19. The fourth-order valence-corrected chi connectivity index (χ4v) is 2.45. The van der Waals surface area contributed by atoms with E-state index in [-0.39, 0.29) is 0 Å². The first-order valence-electron chi connectivity index (χ1n) is 6.88. The molecular weight excluding hydrogens is 262 g/mol. The summed E-state index contributed by atoms with van der Waals surface area (Å²) in [6.45, 7) is 0.508. The maximum atomic E-state index is 12.7. The van der Waals surface area contributed by atoms with Gasteiger partial charge in [0.15, 0.2) is 5.52 Å². The zero-order valence-electron chi connectivity index (χ0n) is 12.2. The van der Waals surface area contributed by atoms with Crippen molar-refractivity contribution in [2.24, 2.45) is 0 Å². The first-order valence-corrected chi connectivity index (χ1v) is 6.88. The predicted molar refractivity (Wildman–Crippen MR) is 83.5 cm³/mol. The number of rotatable bonds is 3. The van der Waals surface area contributed by atoms with E-state index in [2.05, 4.69) is 4.98 Å². The van der Waals surface area contributed by atoms with Crippen molar-refractivity contribution in [2.75, 3.05) is 14.1 Å². The third-order valence-electron chi connectivity index (χ3n) is 3.35. The van der Waals surface area contributed by atoms with Crippen LogP contribution in [0.2, 0.25) is 0 Å². The van der Waals surface area contributed by atoms with Gasteiger partial charge in [-0.05, 0) is 31.2 Å². The van der Waals surface area contributed by atoms with Crippen LogP contribution in [-0.2, 0) is 6.54 Å². The summed E-state index contributed by atoms with van der Waals surface area (Å²) in [5, 5.41) is 13.6. The summed E-state index contributed by atoms with van der Waals surface area (Å²) in [6.07, 6.45) is 0. The smallest absolute Gasteiger partial charge is 0.316 e. The van der Waals surface area contributed by atoms with Gasteiger partial charge in [0.2, 0.25) is 0 Å². The van der Waals surface area contributed by atoms with Crippen LogP contribution in [0.25, 0.3) is 22.2 Å². The Bertz CT molecular complexity index is 770. The number of fused-ring (bicyclic) bond motifs is 1. The van der Waals surface area contributed by atoms with Crippen LogP contribution in [0.1, 0.15) is 5.82 Å². The fraction of sp³-hybridized carbons (Fsp3) is 0.176. The number of hydrogen-bond acceptors (Lipinski definition) is 3. The SMILES string of the molecule is CN(C)Cc1nc2ccccc2c(-c2ccccc2)[n+]1[O-]. The van der Waals surface area contributed by atoms with Gasteiger partial charge in [-0.25, -0.2) is 4.73 Å². The molecule has 1 aromatic heterocycles. The molecule has 0 saturated heterocycles. The highest BCUT2D eigenvalue weighted by atomic mass is 16.5. The van der Waals surface area contributed by atoms with E-state index >= 15 is 0 Å². The predicted octanol–water partition coefficient (Wildman–Crippen LogP) is 2.60. The van der Waals surface area contributed by atoms with Crippen molar-refractivity contribution in [3.63, 3.8) is 0 Å². The zero-order valence-corrected chi connectivity index (χ0v) is 12.2. The van der Waals surface area contributed by atoms with Crippen LogP contribution >= 0.6 is 0 Å². The number of aromatic nitrogens is 2. The Hall–Kier alpha value is -2.46. The highest BCUT2D eigenvalue weighted by molar-refractivity contribution is 5.90. The lowest BCUT2D eigenvalue weighted by atomic mass is 10.1. The minimum Gasteiger partial charge on any atom is -0.710 e. The van der Waals surface area contributed by atoms with Crippen LogP contribution in [0.4, 0.5) is 0 Å². The largest absolute Gasteiger partial charge is 0.710 e. The van der Waals surface area contributed by atoms with E-state index in [1.807, 2.05) is 73.6 Å². The normalized spacial score (nSPS) is 11.2. The van der Waals surface area contributed by atoms with Gasteiger partial charge in [-0.3, -0.25) is 4.90 Å². The number of benzene rings is 2. The molecule has 0 aliphatic rings. The van der Waals surface area contributed by atoms with Crippen molar-refractivity contribution in [3.05, 3.63) is 65.6 Å². The van der Waals surface area contributed by atoms with Crippen molar-refractivity contribution in [3.8, 4) is 11.3 Å². The Morgan fingerprint density at radius 3 is 2.38 bits per heavy atom. The Balaban J connectivity index is 2.32. The van der Waals surface area contributed by atoms with Gasteiger partial charge in [-0.2, -0.15) is 0 Å². The summed E-state index contributed by atoms with van der Waals surface area (Å²) in [4.78, 5) is 6.45. The van der Waals surface area contributed by atoms with E-state index in [4.69, 9.17) is 0 Å². The first kappa shape index (κ1) is 13.5. The minimum atomic E-state index is 0.508. The number of para-hydroxylation sites is 1. The molecule has 0 amide bonds. The first-order chi connectivity index (χ1) is 10.2. The third-order valence-corrected chi connectivity index (χ3v) is 3.35. The number of hydrogen-bond donors (Lipinski definition) is 0. The summed E-state index contributed by atoms with van der Waals surface area (Å²) in [6, 6.07) is 17.5. The van der Waals surface area contributed by atoms with E-state index in [9.17, 15) is 5.21 Å². The third kappa shape index (κ3) is 2.58. The fourth-order valence-electron chi connectivity index (χ4n) is 2.45. The van der Waals surface area contributed by atoms with E-state index in [0.717, 1.165) is 21.2 Å². The molecule has 0 bridgehead atoms. The zero-order chi connectivity index (χ0) is 14.8. The Morgan fingerprint density at radius 1 is 1.00 bits per heavy atom. The van der Waals surface area contributed by atoms with Crippen molar-refractivity contribution >= 4 is 10.9 Å². The lowest BCUT2D eigenvalue weighted by Gasteiger charge is -2.16. The Kier molecular flexibility index (Phi) is 3.54. The van der Waals surface area contributed by atoms with Crippen molar-refractivity contribution in [1.29, 1.82) is 0 Å². The molecule has 3 aromatic rings. The van der Waals surface area contributed by atoms with Crippen LogP contribution in [0, 0.1) is 5.21 Å². The van der Waals surface area contributed by atoms with Gasteiger partial charge in [-0.15, -0.1) is 0 Å². The van der Waals surface area contributed by atoms with Gasteiger partial charge in [-0.1, -0.05) is 42.5 Å². The molecule has 1 heterocycles. The van der Waals surface area contributed by atoms with Crippen LogP contribution < -0.4 is 4.73 Å². The molecule has 0 fully saturated rings. The second-order valence-electron chi connectivity index (χ2n) is 5.29. The minimum absolute atomic E-state index is 0.508. The van der Waals surface area contributed by atoms with E-state index in [0.29, 0.717) is 18.1 Å².